The molecular weight excluding hydrogens is 338 g/mol. The maximum absolute atomic E-state index is 12.2. The average Bonchev–Trinajstić information content (AvgIpc) is 2.61. The van der Waals surface area contributed by atoms with Gasteiger partial charge in [0.25, 0.3) is 5.91 Å². The van der Waals surface area contributed by atoms with Gasteiger partial charge in [-0.3, -0.25) is 4.79 Å². The van der Waals surface area contributed by atoms with Gasteiger partial charge in [-0.15, -0.1) is 0 Å². The van der Waals surface area contributed by atoms with Crippen LogP contribution in [0.5, 0.6) is 0 Å². The highest BCUT2D eigenvalue weighted by molar-refractivity contribution is 7.89. The molecule has 0 atom stereocenters. The molecule has 2 N–H and O–H groups in total. The van der Waals surface area contributed by atoms with Crippen LogP contribution in [-0.4, -0.2) is 20.9 Å². The minimum Gasteiger partial charge on any atom is -0.322 e. The number of hydrogen-bond donors (Lipinski definition) is 2. The van der Waals surface area contributed by atoms with Gasteiger partial charge in [-0.2, -0.15) is 5.26 Å². The zero-order valence-electron chi connectivity index (χ0n) is 14.0. The Morgan fingerprint density at radius 3 is 2.20 bits per heavy atom. The van der Waals surface area contributed by atoms with Crippen molar-refractivity contribution in [3.05, 3.63) is 59.7 Å². The second-order valence-electron chi connectivity index (χ2n) is 5.91. The highest BCUT2D eigenvalue weighted by Gasteiger charge is 2.15. The lowest BCUT2D eigenvalue weighted by molar-refractivity contribution is 0.102. The molecule has 0 aliphatic heterocycles. The van der Waals surface area contributed by atoms with E-state index in [-0.39, 0.29) is 16.7 Å². The van der Waals surface area contributed by atoms with Gasteiger partial charge in [0.1, 0.15) is 0 Å². The molecule has 0 aliphatic carbocycles. The molecule has 0 fully saturated rings. The first kappa shape index (κ1) is 18.6. The molecule has 0 saturated carbocycles. The third-order valence-electron chi connectivity index (χ3n) is 3.38. The van der Waals surface area contributed by atoms with Crippen LogP contribution in [0.3, 0.4) is 0 Å². The summed E-state index contributed by atoms with van der Waals surface area (Å²) >= 11 is 0. The van der Waals surface area contributed by atoms with Gasteiger partial charge in [-0.05, 0) is 54.4 Å². The van der Waals surface area contributed by atoms with Gasteiger partial charge in [0.15, 0.2) is 0 Å². The minimum atomic E-state index is -3.58. The zero-order chi connectivity index (χ0) is 18.4. The van der Waals surface area contributed by atoms with Crippen LogP contribution < -0.4 is 10.0 Å². The van der Waals surface area contributed by atoms with E-state index in [2.05, 4.69) is 10.0 Å². The number of benzene rings is 2. The average molecular weight is 357 g/mol. The third kappa shape index (κ3) is 5.14. The molecule has 2 rings (SSSR count). The van der Waals surface area contributed by atoms with Gasteiger partial charge in [0.05, 0.1) is 16.5 Å². The van der Waals surface area contributed by atoms with Gasteiger partial charge >= 0.3 is 0 Å². The van der Waals surface area contributed by atoms with Gasteiger partial charge in [-0.1, -0.05) is 13.8 Å². The Labute approximate surface area is 147 Å². The number of rotatable bonds is 6. The largest absolute Gasteiger partial charge is 0.322 e. The Bertz CT molecular complexity index is 881. The van der Waals surface area contributed by atoms with Gasteiger partial charge in [-0.25, -0.2) is 13.1 Å². The van der Waals surface area contributed by atoms with Crippen molar-refractivity contribution in [2.45, 2.75) is 18.7 Å². The Kier molecular flexibility index (Phi) is 5.91. The summed E-state index contributed by atoms with van der Waals surface area (Å²) in [7, 11) is -3.58. The van der Waals surface area contributed by atoms with E-state index in [1.165, 1.54) is 24.3 Å². The molecule has 0 saturated heterocycles. The van der Waals surface area contributed by atoms with Crippen molar-refractivity contribution in [3.8, 4) is 6.07 Å². The van der Waals surface area contributed by atoms with Crippen LogP contribution in [0.1, 0.15) is 29.8 Å². The number of amides is 1. The van der Waals surface area contributed by atoms with Crippen LogP contribution in [0.15, 0.2) is 53.4 Å². The number of sulfonamides is 1. The van der Waals surface area contributed by atoms with Crippen LogP contribution >= 0.6 is 0 Å². The summed E-state index contributed by atoms with van der Waals surface area (Å²) in [5.41, 5.74) is 1.40. The number of carbonyl (C=O) groups excluding carboxylic acids is 1. The van der Waals surface area contributed by atoms with Gasteiger partial charge in [0, 0.05) is 17.8 Å². The molecule has 0 unspecified atom stereocenters. The monoisotopic (exact) mass is 357 g/mol. The molecule has 0 aliphatic rings. The number of nitrogens with zero attached hydrogens (tertiary/aromatic N) is 1. The highest BCUT2D eigenvalue weighted by atomic mass is 32.2. The number of hydrogen-bond acceptors (Lipinski definition) is 4. The molecule has 1 amide bonds. The number of carbonyl (C=O) groups is 1. The smallest absolute Gasteiger partial charge is 0.255 e. The van der Waals surface area contributed by atoms with Crippen molar-refractivity contribution < 1.29 is 13.2 Å². The van der Waals surface area contributed by atoms with E-state index in [4.69, 9.17) is 5.26 Å². The van der Waals surface area contributed by atoms with Crippen molar-refractivity contribution >= 4 is 21.6 Å². The molecule has 2 aromatic carbocycles. The molecule has 0 aromatic heterocycles. The Morgan fingerprint density at radius 1 is 1.08 bits per heavy atom. The molecule has 6 nitrogen and oxygen atoms in total. The van der Waals surface area contributed by atoms with Crippen molar-refractivity contribution in [3.63, 3.8) is 0 Å². The standard InChI is InChI=1S/C18H19N3O3S/c1-13(2)12-20-25(23,24)17-9-5-15(6-10-17)18(22)21-16-7-3-14(11-19)4-8-16/h3-10,13,20H,12H2,1-2H3,(H,21,22). The SMILES string of the molecule is CC(C)CNS(=O)(=O)c1ccc(C(=O)Nc2ccc(C#N)cc2)cc1. The summed E-state index contributed by atoms with van der Waals surface area (Å²) in [6.07, 6.45) is 0. The lowest BCUT2D eigenvalue weighted by atomic mass is 10.2. The summed E-state index contributed by atoms with van der Waals surface area (Å²) in [4.78, 5) is 12.3. The fourth-order valence-electron chi connectivity index (χ4n) is 1.98. The van der Waals surface area contributed by atoms with Crippen molar-refractivity contribution in [1.29, 1.82) is 5.26 Å². The van der Waals surface area contributed by atoms with Crippen LogP contribution in [-0.2, 0) is 10.0 Å². The van der Waals surface area contributed by atoms with Crippen molar-refractivity contribution in [2.24, 2.45) is 5.92 Å². The molecule has 130 valence electrons. The molecule has 0 radical (unpaired) electrons. The normalized spacial score (nSPS) is 11.1. The van der Waals surface area contributed by atoms with E-state index >= 15 is 0 Å². The summed E-state index contributed by atoms with van der Waals surface area (Å²) < 4.78 is 26.8. The molecule has 2 aromatic rings. The zero-order valence-corrected chi connectivity index (χ0v) is 14.8. The van der Waals surface area contributed by atoms with Crippen molar-refractivity contribution in [1.82, 2.24) is 4.72 Å². The van der Waals surface area contributed by atoms with Crippen LogP contribution in [0, 0.1) is 17.2 Å². The fourth-order valence-corrected chi connectivity index (χ4v) is 3.19. The van der Waals surface area contributed by atoms with E-state index < -0.39 is 10.0 Å². The Balaban J connectivity index is 2.08. The first-order chi connectivity index (χ1) is 11.8. The predicted octanol–water partition coefficient (Wildman–Crippen LogP) is 2.74. The highest BCUT2D eigenvalue weighted by Crippen LogP contribution is 2.14. The van der Waals surface area contributed by atoms with E-state index in [0.717, 1.165) is 0 Å². The van der Waals surface area contributed by atoms with E-state index in [1.54, 1.807) is 24.3 Å². The van der Waals surface area contributed by atoms with E-state index in [0.29, 0.717) is 23.4 Å². The summed E-state index contributed by atoms with van der Waals surface area (Å²) in [6.45, 7) is 4.18. The maximum atomic E-state index is 12.2. The van der Waals surface area contributed by atoms with Crippen LogP contribution in [0.4, 0.5) is 5.69 Å². The number of anilines is 1. The van der Waals surface area contributed by atoms with Gasteiger partial charge < -0.3 is 5.32 Å². The summed E-state index contributed by atoms with van der Waals surface area (Å²) in [5, 5.41) is 11.5. The molecule has 0 heterocycles. The summed E-state index contributed by atoms with van der Waals surface area (Å²) in [6, 6.07) is 14.2. The van der Waals surface area contributed by atoms with Crippen LogP contribution in [0.2, 0.25) is 0 Å². The minimum absolute atomic E-state index is 0.114. The van der Waals surface area contributed by atoms with Crippen molar-refractivity contribution in [2.75, 3.05) is 11.9 Å². The lowest BCUT2D eigenvalue weighted by Gasteiger charge is -2.10. The first-order valence-electron chi connectivity index (χ1n) is 7.73. The lowest BCUT2D eigenvalue weighted by Crippen LogP contribution is -2.27. The molecule has 0 spiro atoms. The van der Waals surface area contributed by atoms with E-state index in [1.807, 2.05) is 19.9 Å². The Hall–Kier alpha value is -2.69. The second-order valence-corrected chi connectivity index (χ2v) is 7.68. The number of nitrogens with one attached hydrogen (secondary N) is 2. The second kappa shape index (κ2) is 7.92. The van der Waals surface area contributed by atoms with Crippen LogP contribution in [0.25, 0.3) is 0 Å². The maximum Gasteiger partial charge on any atom is 0.255 e. The van der Waals surface area contributed by atoms with E-state index in [9.17, 15) is 13.2 Å². The number of nitriles is 1. The predicted molar refractivity (Wildman–Crippen MR) is 95.6 cm³/mol. The first-order valence-corrected chi connectivity index (χ1v) is 9.21. The Morgan fingerprint density at radius 2 is 1.68 bits per heavy atom. The quantitative estimate of drug-likeness (QED) is 0.830. The topological polar surface area (TPSA) is 99.1 Å². The molecule has 25 heavy (non-hydrogen) atoms. The molecule has 7 heteroatoms. The molecule has 0 bridgehead atoms. The fraction of sp³-hybridized carbons (Fsp3) is 0.222. The third-order valence-corrected chi connectivity index (χ3v) is 4.82. The van der Waals surface area contributed by atoms with Gasteiger partial charge in [0.2, 0.25) is 10.0 Å². The molecular formula is C18H19N3O3S. The summed E-state index contributed by atoms with van der Waals surface area (Å²) in [5.74, 6) is -0.156.